The highest BCUT2D eigenvalue weighted by Gasteiger charge is 2.24. The van der Waals surface area contributed by atoms with Gasteiger partial charge in [0.05, 0.1) is 5.52 Å². The lowest BCUT2D eigenvalue weighted by Crippen LogP contribution is -2.47. The van der Waals surface area contributed by atoms with Gasteiger partial charge in [-0.25, -0.2) is 14.6 Å². The molecular formula is C24H36N6O3. The summed E-state index contributed by atoms with van der Waals surface area (Å²) in [5, 5.41) is 19.2. The maximum absolute atomic E-state index is 12.2. The number of rotatable bonds is 9. The summed E-state index contributed by atoms with van der Waals surface area (Å²) in [6.45, 7) is 4.42. The van der Waals surface area contributed by atoms with Crippen molar-refractivity contribution in [1.82, 2.24) is 20.6 Å². The van der Waals surface area contributed by atoms with E-state index in [1.807, 2.05) is 57.1 Å². The second-order valence-corrected chi connectivity index (χ2v) is 9.52. The third-order valence-corrected chi connectivity index (χ3v) is 6.05. The summed E-state index contributed by atoms with van der Waals surface area (Å²) in [7, 11) is 3.96. The number of benzene rings is 1. The van der Waals surface area contributed by atoms with Crippen LogP contribution in [0.2, 0.25) is 0 Å². The molecule has 33 heavy (non-hydrogen) atoms. The molecule has 2 aromatic rings. The predicted octanol–water partition coefficient (Wildman–Crippen LogP) is 3.47. The average molecular weight is 457 g/mol. The minimum absolute atomic E-state index is 0.189. The van der Waals surface area contributed by atoms with Gasteiger partial charge in [-0.2, -0.15) is 4.98 Å². The highest BCUT2D eigenvalue weighted by atomic mass is 16.4. The SMILES string of the molecule is CC(C)C[C@H](NC(=O)NCC1CCC(Nc2nc(N(C)C)c3ccccc3n2)CC1)C(=O)O. The zero-order chi connectivity index (χ0) is 24.0. The van der Waals surface area contributed by atoms with Gasteiger partial charge in [0.2, 0.25) is 5.95 Å². The number of amides is 2. The largest absolute Gasteiger partial charge is 0.480 e. The molecule has 3 rings (SSSR count). The van der Waals surface area contributed by atoms with Crippen molar-refractivity contribution in [3.05, 3.63) is 24.3 Å². The van der Waals surface area contributed by atoms with Crippen LogP contribution in [0.5, 0.6) is 0 Å². The first-order chi connectivity index (χ1) is 15.7. The molecule has 9 heteroatoms. The number of aliphatic carboxylic acids is 1. The molecule has 180 valence electrons. The van der Waals surface area contributed by atoms with Crippen LogP contribution in [0, 0.1) is 11.8 Å². The molecule has 0 unspecified atom stereocenters. The lowest BCUT2D eigenvalue weighted by Gasteiger charge is -2.29. The lowest BCUT2D eigenvalue weighted by molar-refractivity contribution is -0.139. The molecule has 1 saturated carbocycles. The molecule has 1 fully saturated rings. The van der Waals surface area contributed by atoms with Crippen molar-refractivity contribution in [2.45, 2.75) is 58.0 Å². The van der Waals surface area contributed by atoms with Crippen molar-refractivity contribution in [2.75, 3.05) is 30.9 Å². The summed E-state index contributed by atoms with van der Waals surface area (Å²) in [6, 6.07) is 7.02. The fourth-order valence-electron chi connectivity index (χ4n) is 4.30. The first-order valence-corrected chi connectivity index (χ1v) is 11.7. The number of urea groups is 1. The van der Waals surface area contributed by atoms with Gasteiger partial charge < -0.3 is 26.0 Å². The molecule has 1 aromatic heterocycles. The number of carbonyl (C=O) groups is 2. The van der Waals surface area contributed by atoms with Gasteiger partial charge in [-0.1, -0.05) is 26.0 Å². The molecule has 1 aliphatic carbocycles. The van der Waals surface area contributed by atoms with Crippen LogP contribution in [0.4, 0.5) is 16.6 Å². The van der Waals surface area contributed by atoms with Gasteiger partial charge in [-0.05, 0) is 56.1 Å². The molecule has 0 bridgehead atoms. The Morgan fingerprint density at radius 3 is 2.45 bits per heavy atom. The smallest absolute Gasteiger partial charge is 0.326 e. The van der Waals surface area contributed by atoms with Crippen molar-refractivity contribution < 1.29 is 14.7 Å². The zero-order valence-electron chi connectivity index (χ0n) is 20.0. The number of anilines is 2. The molecule has 0 spiro atoms. The summed E-state index contributed by atoms with van der Waals surface area (Å²) < 4.78 is 0. The molecular weight excluding hydrogens is 420 g/mol. The molecule has 1 aliphatic rings. The van der Waals surface area contributed by atoms with Crippen LogP contribution in [-0.2, 0) is 4.79 Å². The summed E-state index contributed by atoms with van der Waals surface area (Å²) in [5.41, 5.74) is 0.916. The Balaban J connectivity index is 1.48. The summed E-state index contributed by atoms with van der Waals surface area (Å²) >= 11 is 0. The second kappa shape index (κ2) is 11.2. The molecule has 1 heterocycles. The van der Waals surface area contributed by atoms with Gasteiger partial charge in [-0.3, -0.25) is 0 Å². The van der Waals surface area contributed by atoms with E-state index in [1.54, 1.807) is 0 Å². The van der Waals surface area contributed by atoms with Crippen molar-refractivity contribution in [3.8, 4) is 0 Å². The minimum atomic E-state index is -1.00. The fraction of sp³-hybridized carbons (Fsp3) is 0.583. The molecule has 0 radical (unpaired) electrons. The number of carboxylic acids is 1. The lowest BCUT2D eigenvalue weighted by atomic mass is 9.86. The number of hydrogen-bond donors (Lipinski definition) is 4. The molecule has 0 aliphatic heterocycles. The standard InChI is InChI=1S/C24H36N6O3/c1-15(2)13-20(22(31)32)28-24(33)25-14-16-9-11-17(12-10-16)26-23-27-19-8-6-5-7-18(19)21(29-23)30(3)4/h5-8,15-17,20H,9-14H2,1-4H3,(H,31,32)(H2,25,28,33)(H,26,27,29)/t16?,17?,20-/m0/s1. The zero-order valence-corrected chi connectivity index (χ0v) is 20.0. The summed E-state index contributed by atoms with van der Waals surface area (Å²) in [5.74, 6) is 1.10. The van der Waals surface area contributed by atoms with E-state index >= 15 is 0 Å². The van der Waals surface area contributed by atoms with Crippen LogP contribution >= 0.6 is 0 Å². The van der Waals surface area contributed by atoms with E-state index in [2.05, 4.69) is 16.0 Å². The van der Waals surface area contributed by atoms with Crippen LogP contribution in [0.25, 0.3) is 10.9 Å². The molecule has 1 atom stereocenters. The summed E-state index contributed by atoms with van der Waals surface area (Å²) in [4.78, 5) is 34.9. The van der Waals surface area contributed by atoms with Gasteiger partial charge in [-0.15, -0.1) is 0 Å². The van der Waals surface area contributed by atoms with Crippen LogP contribution in [0.3, 0.4) is 0 Å². The van der Waals surface area contributed by atoms with Gasteiger partial charge in [0.15, 0.2) is 0 Å². The highest BCUT2D eigenvalue weighted by molar-refractivity contribution is 5.90. The van der Waals surface area contributed by atoms with Gasteiger partial charge in [0.1, 0.15) is 11.9 Å². The Morgan fingerprint density at radius 2 is 1.82 bits per heavy atom. The predicted molar refractivity (Wildman–Crippen MR) is 131 cm³/mol. The Hall–Kier alpha value is -3.10. The number of aromatic nitrogens is 2. The van der Waals surface area contributed by atoms with E-state index in [0.29, 0.717) is 24.8 Å². The minimum Gasteiger partial charge on any atom is -0.480 e. The normalized spacial score (nSPS) is 19.2. The first kappa shape index (κ1) is 24.5. The van der Waals surface area contributed by atoms with Gasteiger partial charge in [0, 0.05) is 32.1 Å². The second-order valence-electron chi connectivity index (χ2n) is 9.52. The molecule has 2 amide bonds. The Morgan fingerprint density at radius 1 is 1.12 bits per heavy atom. The number of carboxylic acid groups (broad SMARTS) is 1. The molecule has 1 aromatic carbocycles. The fourth-order valence-corrected chi connectivity index (χ4v) is 4.30. The maximum atomic E-state index is 12.2. The Labute approximate surface area is 195 Å². The summed E-state index contributed by atoms with van der Waals surface area (Å²) in [6.07, 6.45) is 4.28. The van der Waals surface area contributed by atoms with E-state index in [1.165, 1.54) is 0 Å². The van der Waals surface area contributed by atoms with E-state index in [4.69, 9.17) is 9.97 Å². The molecule has 9 nitrogen and oxygen atoms in total. The van der Waals surface area contributed by atoms with Gasteiger partial charge >= 0.3 is 12.0 Å². The molecule has 0 saturated heterocycles. The molecule has 4 N–H and O–H groups in total. The van der Waals surface area contributed by atoms with E-state index in [9.17, 15) is 14.7 Å². The van der Waals surface area contributed by atoms with Crippen molar-refractivity contribution in [1.29, 1.82) is 0 Å². The Kier molecular flexibility index (Phi) is 8.30. The number of nitrogens with one attached hydrogen (secondary N) is 3. The van der Waals surface area contributed by atoms with Crippen LogP contribution in [0.1, 0.15) is 46.0 Å². The first-order valence-electron chi connectivity index (χ1n) is 11.7. The van der Waals surface area contributed by atoms with Crippen LogP contribution < -0.4 is 20.9 Å². The monoisotopic (exact) mass is 456 g/mol. The number of nitrogens with zero attached hydrogens (tertiary/aromatic N) is 3. The maximum Gasteiger partial charge on any atom is 0.326 e. The highest BCUT2D eigenvalue weighted by Crippen LogP contribution is 2.28. The number of para-hydroxylation sites is 1. The topological polar surface area (TPSA) is 119 Å². The van der Waals surface area contributed by atoms with Crippen LogP contribution in [0.15, 0.2) is 24.3 Å². The number of carbonyl (C=O) groups excluding carboxylic acids is 1. The van der Waals surface area contributed by atoms with E-state index in [0.717, 1.165) is 42.4 Å². The number of hydrogen-bond acceptors (Lipinski definition) is 6. The van der Waals surface area contributed by atoms with Crippen molar-refractivity contribution in [2.24, 2.45) is 11.8 Å². The van der Waals surface area contributed by atoms with Gasteiger partial charge in [0.25, 0.3) is 0 Å². The average Bonchev–Trinajstić information content (AvgIpc) is 2.77. The Bertz CT molecular complexity index is 956. The quantitative estimate of drug-likeness (QED) is 0.456. The van der Waals surface area contributed by atoms with E-state index < -0.39 is 18.0 Å². The third kappa shape index (κ3) is 6.94. The van der Waals surface area contributed by atoms with Crippen molar-refractivity contribution in [3.63, 3.8) is 0 Å². The van der Waals surface area contributed by atoms with Crippen LogP contribution in [-0.4, -0.2) is 59.8 Å². The number of fused-ring (bicyclic) bond motifs is 1. The van der Waals surface area contributed by atoms with Crippen molar-refractivity contribution >= 4 is 34.7 Å². The van der Waals surface area contributed by atoms with E-state index in [-0.39, 0.29) is 12.0 Å². The third-order valence-electron chi connectivity index (χ3n) is 6.05.